The zero-order chi connectivity index (χ0) is 11.7. The highest BCUT2D eigenvalue weighted by Gasteiger charge is 2.26. The lowest BCUT2D eigenvalue weighted by Crippen LogP contribution is -2.27. The Morgan fingerprint density at radius 1 is 1.44 bits per heavy atom. The number of benzene rings is 1. The molecule has 6 heteroatoms. The number of nitrogens with zero attached hydrogens (tertiary/aromatic N) is 1. The first-order valence-corrected chi connectivity index (χ1v) is 5.38. The van der Waals surface area contributed by atoms with Crippen LogP contribution >= 0.6 is 15.9 Å². The van der Waals surface area contributed by atoms with E-state index in [1.54, 1.807) is 6.07 Å². The molecule has 0 radical (unpaired) electrons. The molecule has 0 aliphatic carbocycles. The molecule has 0 atom stereocenters. The molecule has 1 aromatic rings. The average Bonchev–Trinajstić information content (AvgIpc) is 2.51. The lowest BCUT2D eigenvalue weighted by Gasteiger charge is -2.14. The predicted octanol–water partition coefficient (Wildman–Crippen LogP) is 1.64. The van der Waals surface area contributed by atoms with E-state index in [0.29, 0.717) is 10.0 Å². The van der Waals surface area contributed by atoms with Gasteiger partial charge in [-0.3, -0.25) is 10.1 Å². The van der Waals surface area contributed by atoms with Gasteiger partial charge >= 0.3 is 6.03 Å². The lowest BCUT2D eigenvalue weighted by atomic mass is 10.2. The third kappa shape index (κ3) is 2.21. The second kappa shape index (κ2) is 4.21. The number of hydrogen-bond donors (Lipinski definition) is 1. The fourth-order valence-corrected chi connectivity index (χ4v) is 1.85. The number of amides is 3. The summed E-state index contributed by atoms with van der Waals surface area (Å²) in [6.45, 7) is 0.220. The summed E-state index contributed by atoms with van der Waals surface area (Å²) in [5, 5.41) is 2.16. The predicted molar refractivity (Wildman–Crippen MR) is 58.0 cm³/mol. The van der Waals surface area contributed by atoms with E-state index in [4.69, 9.17) is 0 Å². The van der Waals surface area contributed by atoms with Crippen molar-refractivity contribution in [1.82, 2.24) is 10.2 Å². The van der Waals surface area contributed by atoms with Gasteiger partial charge in [0.1, 0.15) is 12.4 Å². The van der Waals surface area contributed by atoms with E-state index in [-0.39, 0.29) is 24.8 Å². The van der Waals surface area contributed by atoms with Gasteiger partial charge in [-0.2, -0.15) is 0 Å². The molecule has 1 aromatic carbocycles. The molecule has 0 unspecified atom stereocenters. The molecule has 3 amide bonds. The Kier molecular flexibility index (Phi) is 2.91. The number of carbonyl (C=O) groups is 2. The number of imide groups is 1. The van der Waals surface area contributed by atoms with Gasteiger partial charge < -0.3 is 4.90 Å². The molecular formula is C10H8BrFN2O2. The fourth-order valence-electron chi connectivity index (χ4n) is 1.48. The molecule has 16 heavy (non-hydrogen) atoms. The van der Waals surface area contributed by atoms with Gasteiger partial charge in [-0.1, -0.05) is 15.9 Å². The van der Waals surface area contributed by atoms with Crippen LogP contribution in [0.5, 0.6) is 0 Å². The summed E-state index contributed by atoms with van der Waals surface area (Å²) in [7, 11) is 0. The summed E-state index contributed by atoms with van der Waals surface area (Å²) >= 11 is 3.26. The summed E-state index contributed by atoms with van der Waals surface area (Å²) < 4.78 is 13.7. The third-order valence-electron chi connectivity index (χ3n) is 2.24. The summed E-state index contributed by atoms with van der Waals surface area (Å²) in [5.41, 5.74) is 0.629. The van der Waals surface area contributed by atoms with Crippen LogP contribution < -0.4 is 5.32 Å². The normalized spacial score (nSPS) is 15.5. The van der Waals surface area contributed by atoms with Crippen molar-refractivity contribution in [3.8, 4) is 0 Å². The first kappa shape index (κ1) is 11.1. The van der Waals surface area contributed by atoms with Gasteiger partial charge in [-0.25, -0.2) is 9.18 Å². The van der Waals surface area contributed by atoms with Crippen LogP contribution in [0.15, 0.2) is 22.7 Å². The molecule has 4 nitrogen and oxygen atoms in total. The molecule has 2 rings (SSSR count). The van der Waals surface area contributed by atoms with Crippen molar-refractivity contribution in [2.45, 2.75) is 6.54 Å². The smallest absolute Gasteiger partial charge is 0.311 e. The Labute approximate surface area is 99.6 Å². The highest BCUT2D eigenvalue weighted by Crippen LogP contribution is 2.20. The van der Waals surface area contributed by atoms with E-state index >= 15 is 0 Å². The zero-order valence-electron chi connectivity index (χ0n) is 8.17. The van der Waals surface area contributed by atoms with Gasteiger partial charge in [-0.05, 0) is 23.8 Å². The van der Waals surface area contributed by atoms with E-state index in [1.807, 2.05) is 0 Å². The first-order valence-electron chi connectivity index (χ1n) is 4.59. The molecular weight excluding hydrogens is 279 g/mol. The van der Waals surface area contributed by atoms with Crippen LogP contribution in [0, 0.1) is 5.82 Å². The van der Waals surface area contributed by atoms with E-state index in [1.165, 1.54) is 17.0 Å². The minimum absolute atomic E-state index is 0.0157. The van der Waals surface area contributed by atoms with E-state index in [0.717, 1.165) is 0 Å². The Morgan fingerprint density at radius 2 is 2.19 bits per heavy atom. The number of nitrogens with one attached hydrogen (secondary N) is 1. The average molecular weight is 287 g/mol. The van der Waals surface area contributed by atoms with Crippen molar-refractivity contribution < 1.29 is 14.0 Å². The van der Waals surface area contributed by atoms with Crippen LogP contribution in [0.3, 0.4) is 0 Å². The van der Waals surface area contributed by atoms with Crippen LogP contribution in [0.2, 0.25) is 0 Å². The Balaban J connectivity index is 2.18. The van der Waals surface area contributed by atoms with Crippen LogP contribution in [0.1, 0.15) is 5.56 Å². The van der Waals surface area contributed by atoms with Crippen LogP contribution in [-0.4, -0.2) is 23.4 Å². The van der Waals surface area contributed by atoms with E-state index in [2.05, 4.69) is 21.2 Å². The van der Waals surface area contributed by atoms with E-state index in [9.17, 15) is 14.0 Å². The third-order valence-corrected chi connectivity index (χ3v) is 3.01. The number of urea groups is 1. The van der Waals surface area contributed by atoms with Gasteiger partial charge in [0.25, 0.3) is 0 Å². The van der Waals surface area contributed by atoms with Gasteiger partial charge in [0.05, 0.1) is 0 Å². The highest BCUT2D eigenvalue weighted by molar-refractivity contribution is 9.10. The topological polar surface area (TPSA) is 49.4 Å². The van der Waals surface area contributed by atoms with Crippen molar-refractivity contribution in [3.63, 3.8) is 0 Å². The maximum absolute atomic E-state index is 13.0. The second-order valence-electron chi connectivity index (χ2n) is 3.45. The highest BCUT2D eigenvalue weighted by atomic mass is 79.9. The summed E-state index contributed by atoms with van der Waals surface area (Å²) in [4.78, 5) is 23.5. The SMILES string of the molecule is O=C1CN(Cc2cc(F)ccc2Br)C(=O)N1. The first-order chi connectivity index (χ1) is 7.56. The number of hydrogen-bond acceptors (Lipinski definition) is 2. The minimum Gasteiger partial charge on any atom is -0.311 e. The molecule has 1 aliphatic rings. The molecule has 0 bridgehead atoms. The van der Waals surface area contributed by atoms with Crippen molar-refractivity contribution in [3.05, 3.63) is 34.1 Å². The molecule has 1 aliphatic heterocycles. The van der Waals surface area contributed by atoms with Crippen molar-refractivity contribution >= 4 is 27.9 Å². The lowest BCUT2D eigenvalue weighted by molar-refractivity contribution is -0.118. The maximum Gasteiger partial charge on any atom is 0.324 e. The molecule has 1 saturated heterocycles. The van der Waals surface area contributed by atoms with E-state index < -0.39 is 6.03 Å². The molecule has 1 heterocycles. The molecule has 84 valence electrons. The van der Waals surface area contributed by atoms with Gasteiger partial charge in [0.2, 0.25) is 5.91 Å². The Morgan fingerprint density at radius 3 is 2.81 bits per heavy atom. The van der Waals surface area contributed by atoms with Crippen LogP contribution in [0.4, 0.5) is 9.18 Å². The number of carbonyl (C=O) groups excluding carboxylic acids is 2. The van der Waals surface area contributed by atoms with Crippen LogP contribution in [0.25, 0.3) is 0 Å². The van der Waals surface area contributed by atoms with Gasteiger partial charge in [-0.15, -0.1) is 0 Å². The van der Waals surface area contributed by atoms with Crippen molar-refractivity contribution in [2.24, 2.45) is 0 Å². The van der Waals surface area contributed by atoms with Gasteiger partial charge in [0, 0.05) is 11.0 Å². The number of rotatable bonds is 2. The summed E-state index contributed by atoms with van der Waals surface area (Å²) in [6, 6.07) is 3.78. The molecule has 0 spiro atoms. The largest absolute Gasteiger partial charge is 0.324 e. The standard InChI is InChI=1S/C10H8BrFN2O2/c11-8-2-1-7(12)3-6(8)4-14-5-9(15)13-10(14)16/h1-3H,4-5H2,(H,13,15,16). The molecule has 1 fully saturated rings. The fraction of sp³-hybridized carbons (Fsp3) is 0.200. The molecule has 0 saturated carbocycles. The summed E-state index contributed by atoms with van der Waals surface area (Å²) in [5.74, 6) is -0.707. The zero-order valence-corrected chi connectivity index (χ0v) is 9.75. The van der Waals surface area contributed by atoms with Crippen LogP contribution in [-0.2, 0) is 11.3 Å². The Bertz CT molecular complexity index is 464. The minimum atomic E-state index is -0.443. The van der Waals surface area contributed by atoms with Crippen molar-refractivity contribution in [2.75, 3.05) is 6.54 Å². The second-order valence-corrected chi connectivity index (χ2v) is 4.30. The quantitative estimate of drug-likeness (QED) is 0.841. The monoisotopic (exact) mass is 286 g/mol. The van der Waals surface area contributed by atoms with Crippen molar-refractivity contribution in [1.29, 1.82) is 0 Å². The molecule has 1 N–H and O–H groups in total. The maximum atomic E-state index is 13.0. The molecule has 0 aromatic heterocycles. The van der Waals surface area contributed by atoms with Gasteiger partial charge in [0.15, 0.2) is 0 Å². The summed E-state index contributed by atoms with van der Waals surface area (Å²) in [6.07, 6.45) is 0. The number of halogens is 2. The Hall–Kier alpha value is -1.43.